The molecule has 1 amide bonds. The molecule has 1 aromatic carbocycles. The van der Waals surface area contributed by atoms with E-state index >= 15 is 0 Å². The third-order valence-electron chi connectivity index (χ3n) is 4.41. The van der Waals surface area contributed by atoms with Gasteiger partial charge in [-0.05, 0) is 50.9 Å². The zero-order valence-corrected chi connectivity index (χ0v) is 17.8. The van der Waals surface area contributed by atoms with Crippen molar-refractivity contribution in [3.05, 3.63) is 70.2 Å². The van der Waals surface area contributed by atoms with Gasteiger partial charge in [0, 0.05) is 18.0 Å². The molecule has 0 saturated carbocycles. The smallest absolute Gasteiger partial charge is 0.344 e. The first kappa shape index (κ1) is 26.2. The number of nitrogens with one attached hydrogen (secondary N) is 1. The maximum absolute atomic E-state index is 13.1. The highest BCUT2D eigenvalue weighted by molar-refractivity contribution is 5.95. The largest absolute Gasteiger partial charge is 0.416 e. The highest BCUT2D eigenvalue weighted by Gasteiger charge is 2.37. The minimum absolute atomic E-state index is 0.0479. The summed E-state index contributed by atoms with van der Waals surface area (Å²) >= 11 is 0. The third kappa shape index (κ3) is 6.28. The fourth-order valence-corrected chi connectivity index (χ4v) is 2.84. The number of rotatable bonds is 6. The van der Waals surface area contributed by atoms with Crippen LogP contribution in [0.2, 0.25) is 0 Å². The first-order valence-corrected chi connectivity index (χ1v) is 9.48. The molecule has 0 spiro atoms. The summed E-state index contributed by atoms with van der Waals surface area (Å²) < 4.78 is 78.6. The van der Waals surface area contributed by atoms with Crippen LogP contribution < -0.4 is 5.32 Å². The monoisotopic (exact) mass is 481 g/mol. The number of nitriles is 1. The maximum Gasteiger partial charge on any atom is 0.416 e. The molecule has 178 valence electrons. The van der Waals surface area contributed by atoms with Gasteiger partial charge in [0.05, 0.1) is 34.1 Å². The van der Waals surface area contributed by atoms with Crippen molar-refractivity contribution in [3.8, 4) is 6.07 Å². The standard InChI is InChI=1S/C22H17F6N5O/c1-4-31-19(17-6-5-13(10-29)11-32-17)18(30-3)12(2)33-20(34)14-7-15(21(23,24)25)9-16(8-14)22(26,27)28/h4-9,11-12H,3H2,1-2H3,(H,33,34)/b19-18-,31-4-. The Morgan fingerprint density at radius 2 is 1.74 bits per heavy atom. The van der Waals surface area contributed by atoms with Crippen molar-refractivity contribution >= 4 is 24.5 Å². The van der Waals surface area contributed by atoms with Crippen LogP contribution in [0.3, 0.4) is 0 Å². The van der Waals surface area contributed by atoms with Crippen molar-refractivity contribution in [1.29, 1.82) is 5.26 Å². The van der Waals surface area contributed by atoms with E-state index in [2.05, 4.69) is 27.0 Å². The van der Waals surface area contributed by atoms with Gasteiger partial charge in [0.25, 0.3) is 5.91 Å². The van der Waals surface area contributed by atoms with Crippen LogP contribution in [0.5, 0.6) is 0 Å². The Labute approximate surface area is 190 Å². The lowest BCUT2D eigenvalue weighted by Crippen LogP contribution is -2.34. The minimum atomic E-state index is -5.10. The molecule has 2 rings (SSSR count). The molecule has 2 aromatic rings. The van der Waals surface area contributed by atoms with Crippen LogP contribution in [-0.4, -0.2) is 29.9 Å². The van der Waals surface area contributed by atoms with Gasteiger partial charge in [-0.2, -0.15) is 31.6 Å². The summed E-state index contributed by atoms with van der Waals surface area (Å²) in [7, 11) is 0. The number of pyridine rings is 1. The molecule has 12 heteroatoms. The van der Waals surface area contributed by atoms with Gasteiger partial charge in [-0.15, -0.1) is 0 Å². The van der Waals surface area contributed by atoms with E-state index in [-0.39, 0.29) is 28.7 Å². The molecule has 0 saturated heterocycles. The number of alkyl halides is 6. The summed E-state index contributed by atoms with van der Waals surface area (Å²) in [6.45, 7) is 6.38. The van der Waals surface area contributed by atoms with Gasteiger partial charge in [-0.3, -0.25) is 19.8 Å². The van der Waals surface area contributed by atoms with Gasteiger partial charge in [0.1, 0.15) is 11.8 Å². The third-order valence-corrected chi connectivity index (χ3v) is 4.41. The molecule has 1 unspecified atom stereocenters. The van der Waals surface area contributed by atoms with Gasteiger partial charge in [-0.25, -0.2) is 0 Å². The number of hydrogen-bond donors (Lipinski definition) is 1. The van der Waals surface area contributed by atoms with Crippen LogP contribution in [0.4, 0.5) is 26.3 Å². The normalized spacial score (nSPS) is 13.7. The highest BCUT2D eigenvalue weighted by Crippen LogP contribution is 2.36. The van der Waals surface area contributed by atoms with E-state index in [1.807, 2.05) is 6.07 Å². The van der Waals surface area contributed by atoms with Crippen LogP contribution in [0.1, 0.15) is 46.6 Å². The fraction of sp³-hybridized carbons (Fsp3) is 0.227. The summed E-state index contributed by atoms with van der Waals surface area (Å²) in [5, 5.41) is 11.2. The molecule has 1 N–H and O–H groups in total. The van der Waals surface area contributed by atoms with Crippen LogP contribution >= 0.6 is 0 Å². The second-order valence-corrected chi connectivity index (χ2v) is 6.81. The Balaban J connectivity index is 2.49. The minimum Gasteiger partial charge on any atom is -0.344 e. The molecule has 1 aromatic heterocycles. The van der Waals surface area contributed by atoms with E-state index in [0.29, 0.717) is 12.1 Å². The van der Waals surface area contributed by atoms with Crippen LogP contribution in [0, 0.1) is 11.3 Å². The molecule has 0 fully saturated rings. The van der Waals surface area contributed by atoms with Crippen LogP contribution in [0.25, 0.3) is 5.70 Å². The van der Waals surface area contributed by atoms with E-state index in [1.54, 1.807) is 6.92 Å². The summed E-state index contributed by atoms with van der Waals surface area (Å²) in [6, 6.07) is 4.37. The number of carbonyl (C=O) groups excluding carboxylic acids is 1. The molecule has 1 heterocycles. The number of hydrogen-bond acceptors (Lipinski definition) is 5. The van der Waals surface area contributed by atoms with Gasteiger partial charge in [0.15, 0.2) is 0 Å². The average Bonchev–Trinajstić information content (AvgIpc) is 2.77. The number of aromatic nitrogens is 1. The van der Waals surface area contributed by atoms with Gasteiger partial charge >= 0.3 is 12.4 Å². The Hall–Kier alpha value is -4.01. The summed E-state index contributed by atoms with van der Waals surface area (Å²) in [5.74, 6) is -1.20. The van der Waals surface area contributed by atoms with Crippen molar-refractivity contribution in [1.82, 2.24) is 10.3 Å². The SMILES string of the molecule is C=N/C(=C(\N=C/C)c1ccc(C#N)cn1)C(C)NC(=O)c1cc(C(F)(F)F)cc(C(F)(F)F)c1. The Morgan fingerprint density at radius 1 is 1.15 bits per heavy atom. The van der Waals surface area contributed by atoms with Crippen molar-refractivity contribution in [3.63, 3.8) is 0 Å². The predicted molar refractivity (Wildman–Crippen MR) is 113 cm³/mol. The summed E-state index contributed by atoms with van der Waals surface area (Å²) in [6.07, 6.45) is -7.54. The molecule has 1 atom stereocenters. The molecular weight excluding hydrogens is 464 g/mol. The molecule has 0 radical (unpaired) electrons. The van der Waals surface area contributed by atoms with Gasteiger partial charge in [-0.1, -0.05) is 0 Å². The number of carbonyl (C=O) groups is 1. The van der Waals surface area contributed by atoms with E-state index in [4.69, 9.17) is 5.26 Å². The number of aliphatic imine (C=N–C) groups is 2. The Morgan fingerprint density at radius 3 is 2.15 bits per heavy atom. The number of halogens is 6. The lowest BCUT2D eigenvalue weighted by molar-refractivity contribution is -0.143. The predicted octanol–water partition coefficient (Wildman–Crippen LogP) is 5.27. The molecule has 6 nitrogen and oxygen atoms in total. The fourth-order valence-electron chi connectivity index (χ4n) is 2.84. The van der Waals surface area contributed by atoms with Crippen molar-refractivity contribution in [2.24, 2.45) is 9.98 Å². The Kier molecular flexibility index (Phi) is 7.94. The number of benzene rings is 1. The van der Waals surface area contributed by atoms with Crippen molar-refractivity contribution in [2.45, 2.75) is 32.2 Å². The van der Waals surface area contributed by atoms with E-state index in [0.717, 1.165) is 0 Å². The number of nitrogens with zero attached hydrogens (tertiary/aromatic N) is 4. The lowest BCUT2D eigenvalue weighted by atomic mass is 10.0. The van der Waals surface area contributed by atoms with Gasteiger partial charge < -0.3 is 5.32 Å². The zero-order valence-electron chi connectivity index (χ0n) is 17.8. The molecule has 0 bridgehead atoms. The van der Waals surface area contributed by atoms with Crippen molar-refractivity contribution < 1.29 is 31.1 Å². The summed E-state index contributed by atoms with van der Waals surface area (Å²) in [5.41, 5.74) is -3.37. The molecule has 0 aliphatic heterocycles. The van der Waals surface area contributed by atoms with Crippen molar-refractivity contribution in [2.75, 3.05) is 0 Å². The summed E-state index contributed by atoms with van der Waals surface area (Å²) in [4.78, 5) is 24.7. The van der Waals surface area contributed by atoms with Gasteiger partial charge in [0.2, 0.25) is 0 Å². The molecular formula is C22H17F6N5O. The quantitative estimate of drug-likeness (QED) is 0.450. The lowest BCUT2D eigenvalue weighted by Gasteiger charge is -2.18. The molecule has 34 heavy (non-hydrogen) atoms. The highest BCUT2D eigenvalue weighted by atomic mass is 19.4. The topological polar surface area (TPSA) is 90.5 Å². The molecule has 0 aliphatic rings. The maximum atomic E-state index is 13.1. The first-order valence-electron chi connectivity index (χ1n) is 9.48. The van der Waals surface area contributed by atoms with Crippen LogP contribution in [0.15, 0.2) is 52.2 Å². The average molecular weight is 481 g/mol. The van der Waals surface area contributed by atoms with E-state index in [1.165, 1.54) is 31.5 Å². The second kappa shape index (κ2) is 10.3. The second-order valence-electron chi connectivity index (χ2n) is 6.81. The van der Waals surface area contributed by atoms with E-state index in [9.17, 15) is 31.1 Å². The first-order chi connectivity index (χ1) is 15.8. The van der Waals surface area contributed by atoms with E-state index < -0.39 is 41.0 Å². The Bertz CT molecular complexity index is 1140. The number of amides is 1. The van der Waals surface area contributed by atoms with Crippen LogP contribution in [-0.2, 0) is 12.4 Å². The molecule has 0 aliphatic carbocycles. The zero-order chi connectivity index (χ0) is 25.7.